The smallest absolute Gasteiger partial charge is 0.335 e. The maximum atomic E-state index is 13.3. The molecule has 4 amide bonds. The second-order valence-electron chi connectivity index (χ2n) is 5.76. The van der Waals surface area contributed by atoms with Gasteiger partial charge in [0.15, 0.2) is 5.92 Å². The van der Waals surface area contributed by atoms with Gasteiger partial charge in [-0.2, -0.15) is 0 Å². The fourth-order valence-electron chi connectivity index (χ4n) is 2.68. The molecule has 1 heterocycles. The number of methoxy groups -OCH3 is 1. The van der Waals surface area contributed by atoms with Gasteiger partial charge in [0.05, 0.1) is 12.8 Å². The highest BCUT2D eigenvalue weighted by Gasteiger charge is 2.43. The minimum Gasteiger partial charge on any atom is -0.497 e. The van der Waals surface area contributed by atoms with Gasteiger partial charge in [-0.3, -0.25) is 14.9 Å². The van der Waals surface area contributed by atoms with Crippen LogP contribution in [0.3, 0.4) is 0 Å². The van der Waals surface area contributed by atoms with Gasteiger partial charge in [0.25, 0.3) is 5.91 Å². The minimum atomic E-state index is -1.35. The molecule has 0 unspecified atom stereocenters. The largest absolute Gasteiger partial charge is 0.497 e. The number of carbonyl (C=O) groups excluding carboxylic acids is 3. The molecule has 2 aromatic carbocycles. The van der Waals surface area contributed by atoms with Gasteiger partial charge in [0.2, 0.25) is 5.91 Å². The van der Waals surface area contributed by atoms with Crippen molar-refractivity contribution in [1.29, 1.82) is 0 Å². The summed E-state index contributed by atoms with van der Waals surface area (Å²) in [5.41, 5.74) is 0.622. The molecule has 1 saturated heterocycles. The molecule has 1 aliphatic heterocycles. The number of imide groups is 2. The lowest BCUT2D eigenvalue weighted by molar-refractivity contribution is -0.132. The molecule has 1 fully saturated rings. The molecular weight excluding hydrogens is 353 g/mol. The average molecular weight is 369 g/mol. The second-order valence-corrected chi connectivity index (χ2v) is 5.76. The van der Waals surface area contributed by atoms with Gasteiger partial charge in [-0.15, -0.1) is 0 Å². The number of amides is 4. The van der Waals surface area contributed by atoms with E-state index in [9.17, 15) is 18.8 Å². The van der Waals surface area contributed by atoms with Crippen LogP contribution in [0.25, 0.3) is 0 Å². The van der Waals surface area contributed by atoms with E-state index in [0.717, 1.165) is 4.90 Å². The Balaban J connectivity index is 1.86. The zero-order valence-electron chi connectivity index (χ0n) is 14.4. The molecule has 3 rings (SSSR count). The predicted octanol–water partition coefficient (Wildman–Crippen LogP) is 2.66. The van der Waals surface area contributed by atoms with Gasteiger partial charge in [-0.1, -0.05) is 12.6 Å². The lowest BCUT2D eigenvalue weighted by Gasteiger charge is -2.31. The first-order chi connectivity index (χ1) is 12.9. The number of halogens is 1. The Morgan fingerprint density at radius 1 is 1.19 bits per heavy atom. The van der Waals surface area contributed by atoms with Crippen molar-refractivity contribution in [3.05, 3.63) is 66.6 Å². The van der Waals surface area contributed by atoms with Crippen LogP contribution in [0.15, 0.2) is 60.8 Å². The third-order valence-electron chi connectivity index (χ3n) is 3.97. The first kappa shape index (κ1) is 18.1. The second kappa shape index (κ2) is 7.28. The summed E-state index contributed by atoms with van der Waals surface area (Å²) in [6, 6.07) is 10.8. The van der Waals surface area contributed by atoms with E-state index in [2.05, 4.69) is 17.2 Å². The van der Waals surface area contributed by atoms with Crippen LogP contribution in [0.1, 0.15) is 0 Å². The van der Waals surface area contributed by atoms with Gasteiger partial charge in [0, 0.05) is 11.4 Å². The number of urea groups is 1. The van der Waals surface area contributed by atoms with E-state index < -0.39 is 29.6 Å². The van der Waals surface area contributed by atoms with Crippen LogP contribution in [-0.4, -0.2) is 25.0 Å². The normalized spacial score (nSPS) is 16.7. The lowest BCUT2D eigenvalue weighted by Crippen LogP contribution is -2.59. The fraction of sp³-hybridized carbons (Fsp3) is 0.105. The molecule has 7 nitrogen and oxygen atoms in total. The number of hydrogen-bond acceptors (Lipinski definition) is 5. The number of carbonyl (C=O) groups is 3. The number of ether oxygens (including phenoxy) is 1. The molecule has 1 aliphatic rings. The van der Waals surface area contributed by atoms with Crippen molar-refractivity contribution in [1.82, 2.24) is 5.32 Å². The van der Waals surface area contributed by atoms with Crippen LogP contribution in [0.4, 0.5) is 20.6 Å². The van der Waals surface area contributed by atoms with Crippen molar-refractivity contribution >= 4 is 29.2 Å². The third-order valence-corrected chi connectivity index (χ3v) is 3.97. The number of barbiturate groups is 1. The van der Waals surface area contributed by atoms with Gasteiger partial charge < -0.3 is 10.1 Å². The Bertz CT molecular complexity index is 927. The van der Waals surface area contributed by atoms with Crippen LogP contribution in [0.2, 0.25) is 0 Å². The molecule has 0 spiro atoms. The maximum Gasteiger partial charge on any atom is 0.335 e. The number of nitrogens with zero attached hydrogens (tertiary/aromatic N) is 1. The third kappa shape index (κ3) is 3.64. The van der Waals surface area contributed by atoms with Crippen LogP contribution >= 0.6 is 0 Å². The van der Waals surface area contributed by atoms with E-state index >= 15 is 0 Å². The van der Waals surface area contributed by atoms with Crippen molar-refractivity contribution in [2.24, 2.45) is 5.92 Å². The molecule has 8 heteroatoms. The molecule has 0 aliphatic carbocycles. The summed E-state index contributed by atoms with van der Waals surface area (Å²) in [6.45, 7) is 3.71. The highest BCUT2D eigenvalue weighted by molar-refractivity contribution is 6.28. The molecule has 2 N–H and O–H groups in total. The number of anilines is 2. The van der Waals surface area contributed by atoms with E-state index in [-0.39, 0.29) is 11.4 Å². The number of benzene rings is 2. The zero-order chi connectivity index (χ0) is 19.6. The van der Waals surface area contributed by atoms with Crippen LogP contribution in [0, 0.1) is 11.7 Å². The van der Waals surface area contributed by atoms with Crippen molar-refractivity contribution in [2.45, 2.75) is 0 Å². The molecule has 1 atom stereocenters. The van der Waals surface area contributed by atoms with Gasteiger partial charge in [-0.25, -0.2) is 14.1 Å². The van der Waals surface area contributed by atoms with Gasteiger partial charge in [-0.05, 0) is 42.5 Å². The van der Waals surface area contributed by atoms with E-state index in [1.807, 2.05) is 0 Å². The fourth-order valence-corrected chi connectivity index (χ4v) is 2.68. The standard InChI is InChI=1S/C19H16FN3O4/c1-11(21-13-5-3-4-12(20)10-13)16-17(24)22-19(26)23(18(16)25)14-6-8-15(27-2)9-7-14/h3-10,16,21H,1H2,2H3,(H,22,24,26)/t16-/m0/s1. The van der Waals surface area contributed by atoms with Crippen molar-refractivity contribution in [2.75, 3.05) is 17.3 Å². The van der Waals surface area contributed by atoms with Crippen LogP contribution < -0.4 is 20.3 Å². The SMILES string of the molecule is C=C(Nc1cccc(F)c1)[C@H]1C(=O)NC(=O)N(c2ccc(OC)cc2)C1=O. The average Bonchev–Trinajstić information content (AvgIpc) is 2.62. The molecule has 27 heavy (non-hydrogen) atoms. The summed E-state index contributed by atoms with van der Waals surface area (Å²) in [4.78, 5) is 38.1. The summed E-state index contributed by atoms with van der Waals surface area (Å²) in [5.74, 6) is -2.85. The molecule has 0 aromatic heterocycles. The van der Waals surface area contributed by atoms with E-state index in [1.165, 1.54) is 37.4 Å². The van der Waals surface area contributed by atoms with Gasteiger partial charge >= 0.3 is 6.03 Å². The Hall–Kier alpha value is -3.68. The summed E-state index contributed by atoms with van der Waals surface area (Å²) in [5, 5.41) is 4.88. The van der Waals surface area contributed by atoms with Crippen LogP contribution in [0.5, 0.6) is 5.75 Å². The topological polar surface area (TPSA) is 87.7 Å². The Morgan fingerprint density at radius 3 is 2.52 bits per heavy atom. The minimum absolute atomic E-state index is 0.0223. The van der Waals surface area contributed by atoms with E-state index in [0.29, 0.717) is 11.4 Å². The number of rotatable bonds is 5. The monoisotopic (exact) mass is 369 g/mol. The first-order valence-corrected chi connectivity index (χ1v) is 7.95. The molecule has 0 bridgehead atoms. The molecule has 2 aromatic rings. The zero-order valence-corrected chi connectivity index (χ0v) is 14.4. The van der Waals surface area contributed by atoms with Crippen LogP contribution in [-0.2, 0) is 9.59 Å². The predicted molar refractivity (Wildman–Crippen MR) is 96.7 cm³/mol. The molecule has 0 saturated carbocycles. The molecular formula is C19H16FN3O4. The summed E-state index contributed by atoms with van der Waals surface area (Å²) in [7, 11) is 1.49. The lowest BCUT2D eigenvalue weighted by atomic mass is 10.0. The number of nitrogens with one attached hydrogen (secondary N) is 2. The Morgan fingerprint density at radius 2 is 1.89 bits per heavy atom. The Labute approximate surface area is 154 Å². The number of hydrogen-bond donors (Lipinski definition) is 2. The first-order valence-electron chi connectivity index (χ1n) is 7.95. The highest BCUT2D eigenvalue weighted by atomic mass is 19.1. The molecule has 0 radical (unpaired) electrons. The highest BCUT2D eigenvalue weighted by Crippen LogP contribution is 2.26. The molecule has 138 valence electrons. The van der Waals surface area contributed by atoms with E-state index in [4.69, 9.17) is 4.74 Å². The summed E-state index contributed by atoms with van der Waals surface area (Å²) >= 11 is 0. The van der Waals surface area contributed by atoms with E-state index in [1.54, 1.807) is 18.2 Å². The van der Waals surface area contributed by atoms with Crippen molar-refractivity contribution < 1.29 is 23.5 Å². The Kier molecular flexibility index (Phi) is 4.89. The van der Waals surface area contributed by atoms with Crippen molar-refractivity contribution in [3.63, 3.8) is 0 Å². The quantitative estimate of drug-likeness (QED) is 0.791. The summed E-state index contributed by atoms with van der Waals surface area (Å²) < 4.78 is 18.4. The van der Waals surface area contributed by atoms with Crippen molar-refractivity contribution in [3.8, 4) is 5.75 Å². The maximum absolute atomic E-state index is 13.3. The summed E-state index contributed by atoms with van der Waals surface area (Å²) in [6.07, 6.45) is 0. The van der Waals surface area contributed by atoms with Gasteiger partial charge in [0.1, 0.15) is 11.6 Å².